The van der Waals surface area contributed by atoms with Crippen molar-refractivity contribution in [2.45, 2.75) is 37.8 Å². The van der Waals surface area contributed by atoms with Crippen LogP contribution < -0.4 is 11.3 Å². The van der Waals surface area contributed by atoms with Gasteiger partial charge in [0.15, 0.2) is 0 Å². The van der Waals surface area contributed by atoms with E-state index in [1.807, 2.05) is 0 Å². The molecule has 4 heteroatoms. The van der Waals surface area contributed by atoms with Crippen molar-refractivity contribution in [3.8, 4) is 0 Å². The zero-order valence-electron chi connectivity index (χ0n) is 8.65. The standard InChI is InChI=1S/C11H16N2O2/c12-9-3-1-7-13(10(9)14)8-6-11(15)4-2-5-11/h1,3,7,15H,2,4-6,8,12H2. The van der Waals surface area contributed by atoms with Gasteiger partial charge >= 0.3 is 0 Å². The molecule has 1 saturated carbocycles. The minimum Gasteiger partial charge on any atom is -0.394 e. The van der Waals surface area contributed by atoms with Crippen molar-refractivity contribution in [3.05, 3.63) is 28.7 Å². The minimum atomic E-state index is -0.538. The predicted octanol–water partition coefficient (Wildman–Crippen LogP) is 0.736. The Bertz CT molecular complexity index is 407. The summed E-state index contributed by atoms with van der Waals surface area (Å²) in [6, 6.07) is 3.35. The summed E-state index contributed by atoms with van der Waals surface area (Å²) in [5.41, 5.74) is 5.07. The predicted molar refractivity (Wildman–Crippen MR) is 58.5 cm³/mol. The SMILES string of the molecule is Nc1cccn(CCC2(O)CCC2)c1=O. The highest BCUT2D eigenvalue weighted by Gasteiger charge is 2.33. The van der Waals surface area contributed by atoms with Crippen LogP contribution >= 0.6 is 0 Å². The molecule has 0 aliphatic heterocycles. The van der Waals surface area contributed by atoms with Crippen LogP contribution in [0.25, 0.3) is 0 Å². The van der Waals surface area contributed by atoms with Crippen molar-refractivity contribution in [1.82, 2.24) is 4.57 Å². The number of nitrogens with two attached hydrogens (primary N) is 1. The van der Waals surface area contributed by atoms with Crippen LogP contribution in [0.1, 0.15) is 25.7 Å². The van der Waals surface area contributed by atoms with Gasteiger partial charge < -0.3 is 15.4 Å². The molecule has 0 aromatic carbocycles. The average Bonchev–Trinajstić information content (AvgIpc) is 2.17. The van der Waals surface area contributed by atoms with Gasteiger partial charge in [-0.3, -0.25) is 4.79 Å². The summed E-state index contributed by atoms with van der Waals surface area (Å²) in [5, 5.41) is 9.88. The molecule has 15 heavy (non-hydrogen) atoms. The van der Waals surface area contributed by atoms with Gasteiger partial charge in [0.2, 0.25) is 0 Å². The normalized spacial score (nSPS) is 18.5. The molecule has 1 aromatic rings. The zero-order valence-corrected chi connectivity index (χ0v) is 8.65. The van der Waals surface area contributed by atoms with Crippen molar-refractivity contribution in [2.24, 2.45) is 0 Å². The number of pyridine rings is 1. The molecule has 0 amide bonds. The van der Waals surface area contributed by atoms with E-state index in [2.05, 4.69) is 0 Å². The van der Waals surface area contributed by atoms with E-state index in [-0.39, 0.29) is 11.2 Å². The number of hydrogen-bond donors (Lipinski definition) is 2. The Kier molecular flexibility index (Phi) is 2.52. The number of nitrogen functional groups attached to an aromatic ring is 1. The second kappa shape index (κ2) is 3.70. The Morgan fingerprint density at radius 3 is 2.87 bits per heavy atom. The maximum Gasteiger partial charge on any atom is 0.273 e. The molecule has 82 valence electrons. The zero-order chi connectivity index (χ0) is 10.9. The van der Waals surface area contributed by atoms with Gasteiger partial charge in [-0.25, -0.2) is 0 Å². The van der Waals surface area contributed by atoms with E-state index >= 15 is 0 Å². The summed E-state index contributed by atoms with van der Waals surface area (Å²) >= 11 is 0. The lowest BCUT2D eigenvalue weighted by Crippen LogP contribution is -2.38. The molecule has 0 unspecified atom stereocenters. The number of nitrogens with zero attached hydrogens (tertiary/aromatic N) is 1. The van der Waals surface area contributed by atoms with E-state index in [1.165, 1.54) is 0 Å². The second-order valence-corrected chi connectivity index (χ2v) is 4.29. The van der Waals surface area contributed by atoms with Gasteiger partial charge in [-0.15, -0.1) is 0 Å². The number of aromatic nitrogens is 1. The van der Waals surface area contributed by atoms with Gasteiger partial charge in [0.25, 0.3) is 5.56 Å². The van der Waals surface area contributed by atoms with Crippen LogP contribution in [0.5, 0.6) is 0 Å². The van der Waals surface area contributed by atoms with Crippen LogP contribution in [0.3, 0.4) is 0 Å². The third-order valence-corrected chi connectivity index (χ3v) is 3.15. The summed E-state index contributed by atoms with van der Waals surface area (Å²) in [5.74, 6) is 0. The number of hydrogen-bond acceptors (Lipinski definition) is 3. The molecule has 1 aliphatic carbocycles. The van der Waals surface area contributed by atoms with E-state index in [0.29, 0.717) is 13.0 Å². The fourth-order valence-corrected chi connectivity index (χ4v) is 1.89. The molecule has 0 atom stereocenters. The molecule has 1 fully saturated rings. The van der Waals surface area contributed by atoms with Gasteiger partial charge in [-0.2, -0.15) is 0 Å². The first-order valence-corrected chi connectivity index (χ1v) is 5.28. The summed E-state index contributed by atoms with van der Waals surface area (Å²) in [6.07, 6.45) is 5.13. The third-order valence-electron chi connectivity index (χ3n) is 3.15. The van der Waals surface area contributed by atoms with Gasteiger partial charge in [-0.1, -0.05) is 0 Å². The highest BCUT2D eigenvalue weighted by Crippen LogP contribution is 2.34. The maximum atomic E-state index is 11.5. The molecule has 0 radical (unpaired) electrons. The third kappa shape index (κ3) is 2.04. The van der Waals surface area contributed by atoms with Gasteiger partial charge in [0.1, 0.15) is 0 Å². The van der Waals surface area contributed by atoms with E-state index in [9.17, 15) is 9.90 Å². The topological polar surface area (TPSA) is 68.2 Å². The van der Waals surface area contributed by atoms with Crippen LogP contribution in [0.4, 0.5) is 5.69 Å². The molecule has 2 rings (SSSR count). The maximum absolute atomic E-state index is 11.5. The molecule has 1 heterocycles. The molecular weight excluding hydrogens is 192 g/mol. The lowest BCUT2D eigenvalue weighted by atomic mass is 9.78. The first-order valence-electron chi connectivity index (χ1n) is 5.28. The highest BCUT2D eigenvalue weighted by atomic mass is 16.3. The highest BCUT2D eigenvalue weighted by molar-refractivity contribution is 5.33. The second-order valence-electron chi connectivity index (χ2n) is 4.29. The Morgan fingerprint density at radius 1 is 1.53 bits per heavy atom. The van der Waals surface area contributed by atoms with Gasteiger partial charge in [0, 0.05) is 12.7 Å². The van der Waals surface area contributed by atoms with Crippen LogP contribution in [0.15, 0.2) is 23.1 Å². The smallest absolute Gasteiger partial charge is 0.273 e. The lowest BCUT2D eigenvalue weighted by Gasteiger charge is -2.36. The van der Waals surface area contributed by atoms with Gasteiger partial charge in [-0.05, 0) is 37.8 Å². The summed E-state index contributed by atoms with van der Waals surface area (Å²) < 4.78 is 1.56. The van der Waals surface area contributed by atoms with Crippen molar-refractivity contribution in [2.75, 3.05) is 5.73 Å². The minimum absolute atomic E-state index is 0.166. The lowest BCUT2D eigenvalue weighted by molar-refractivity contribution is -0.0434. The van der Waals surface area contributed by atoms with Crippen molar-refractivity contribution in [1.29, 1.82) is 0 Å². The van der Waals surface area contributed by atoms with Crippen LogP contribution in [0, 0.1) is 0 Å². The molecule has 0 spiro atoms. The molecule has 4 nitrogen and oxygen atoms in total. The Balaban J connectivity index is 2.05. The van der Waals surface area contributed by atoms with Crippen molar-refractivity contribution >= 4 is 5.69 Å². The Labute approximate surface area is 88.3 Å². The average molecular weight is 208 g/mol. The quantitative estimate of drug-likeness (QED) is 0.769. The summed E-state index contributed by atoms with van der Waals surface area (Å²) in [7, 11) is 0. The van der Waals surface area contributed by atoms with E-state index in [1.54, 1.807) is 22.9 Å². The number of aryl methyl sites for hydroxylation is 1. The van der Waals surface area contributed by atoms with Gasteiger partial charge in [0.05, 0.1) is 11.3 Å². The van der Waals surface area contributed by atoms with E-state index < -0.39 is 5.60 Å². The van der Waals surface area contributed by atoms with Crippen molar-refractivity contribution < 1.29 is 5.11 Å². The first kappa shape index (κ1) is 10.2. The fourth-order valence-electron chi connectivity index (χ4n) is 1.89. The summed E-state index contributed by atoms with van der Waals surface area (Å²) in [6.45, 7) is 0.542. The molecule has 0 saturated heterocycles. The number of rotatable bonds is 3. The van der Waals surface area contributed by atoms with E-state index in [4.69, 9.17) is 5.73 Å². The monoisotopic (exact) mass is 208 g/mol. The largest absolute Gasteiger partial charge is 0.394 e. The molecule has 1 aliphatic rings. The Hall–Kier alpha value is -1.29. The fraction of sp³-hybridized carbons (Fsp3) is 0.545. The van der Waals surface area contributed by atoms with Crippen molar-refractivity contribution in [3.63, 3.8) is 0 Å². The molecular formula is C11H16N2O2. The number of anilines is 1. The number of aliphatic hydroxyl groups is 1. The molecule has 3 N–H and O–H groups in total. The first-order chi connectivity index (χ1) is 7.11. The van der Waals surface area contributed by atoms with E-state index in [0.717, 1.165) is 19.3 Å². The van der Waals surface area contributed by atoms with Crippen LogP contribution in [-0.4, -0.2) is 15.3 Å². The van der Waals surface area contributed by atoms with Crippen LogP contribution in [-0.2, 0) is 6.54 Å². The summed E-state index contributed by atoms with van der Waals surface area (Å²) in [4.78, 5) is 11.5. The van der Waals surface area contributed by atoms with Crippen LogP contribution in [0.2, 0.25) is 0 Å². The molecule has 0 bridgehead atoms. The molecule has 1 aromatic heterocycles. The Morgan fingerprint density at radius 2 is 2.27 bits per heavy atom.